The molecule has 0 saturated carbocycles. The Morgan fingerprint density at radius 3 is 2.65 bits per heavy atom. The van der Waals surface area contributed by atoms with Gasteiger partial charge in [-0.15, -0.1) is 0 Å². The van der Waals surface area contributed by atoms with Gasteiger partial charge in [-0.25, -0.2) is 0 Å². The van der Waals surface area contributed by atoms with Gasteiger partial charge in [-0.2, -0.15) is 0 Å². The van der Waals surface area contributed by atoms with Crippen LogP contribution in [-0.4, -0.2) is 18.4 Å². The molecule has 1 aliphatic rings. The maximum Gasteiger partial charge on any atom is 0.228 e. The summed E-state index contributed by atoms with van der Waals surface area (Å²) in [5.41, 5.74) is 3.73. The van der Waals surface area contributed by atoms with Gasteiger partial charge in [0.15, 0.2) is 0 Å². The largest absolute Gasteiger partial charge is 0.326 e. The zero-order valence-corrected chi connectivity index (χ0v) is 13.2. The molecule has 1 aliphatic heterocycles. The fourth-order valence-corrected chi connectivity index (χ4v) is 2.77. The van der Waals surface area contributed by atoms with E-state index in [1.54, 1.807) is 4.90 Å². The van der Waals surface area contributed by atoms with Crippen LogP contribution in [0.1, 0.15) is 24.0 Å². The van der Waals surface area contributed by atoms with Crippen molar-refractivity contribution in [2.45, 2.75) is 26.2 Å². The number of amides is 2. The first-order valence-corrected chi connectivity index (χ1v) is 7.88. The SMILES string of the molecule is Cc1ccc(CC(=O)Nc2cccc(N3CCCC3=O)c2)cc1. The Hall–Kier alpha value is -2.62. The van der Waals surface area contributed by atoms with E-state index in [1.807, 2.05) is 55.5 Å². The van der Waals surface area contributed by atoms with E-state index >= 15 is 0 Å². The third-order valence-electron chi connectivity index (χ3n) is 4.00. The second kappa shape index (κ2) is 6.65. The number of rotatable bonds is 4. The van der Waals surface area contributed by atoms with Crippen molar-refractivity contribution in [2.24, 2.45) is 0 Å². The highest BCUT2D eigenvalue weighted by Gasteiger charge is 2.21. The van der Waals surface area contributed by atoms with E-state index in [4.69, 9.17) is 0 Å². The van der Waals surface area contributed by atoms with Crippen LogP contribution in [-0.2, 0) is 16.0 Å². The summed E-state index contributed by atoms with van der Waals surface area (Å²) < 4.78 is 0. The first-order valence-electron chi connectivity index (χ1n) is 7.88. The Kier molecular flexibility index (Phi) is 4.42. The molecular formula is C19H20N2O2. The molecular weight excluding hydrogens is 288 g/mol. The first-order chi connectivity index (χ1) is 11.1. The molecule has 2 aromatic carbocycles. The van der Waals surface area contributed by atoms with Crippen LogP contribution in [0.5, 0.6) is 0 Å². The van der Waals surface area contributed by atoms with Crippen LogP contribution in [0.2, 0.25) is 0 Å². The van der Waals surface area contributed by atoms with Crippen molar-refractivity contribution >= 4 is 23.2 Å². The molecule has 2 amide bonds. The number of hydrogen-bond acceptors (Lipinski definition) is 2. The molecule has 0 radical (unpaired) electrons. The fraction of sp³-hybridized carbons (Fsp3) is 0.263. The molecule has 0 unspecified atom stereocenters. The molecule has 4 nitrogen and oxygen atoms in total. The quantitative estimate of drug-likeness (QED) is 0.942. The van der Waals surface area contributed by atoms with Crippen LogP contribution in [0.25, 0.3) is 0 Å². The van der Waals surface area contributed by atoms with Crippen molar-refractivity contribution in [3.05, 3.63) is 59.7 Å². The fourth-order valence-electron chi connectivity index (χ4n) is 2.77. The van der Waals surface area contributed by atoms with Crippen molar-refractivity contribution in [3.8, 4) is 0 Å². The number of carbonyl (C=O) groups is 2. The summed E-state index contributed by atoms with van der Waals surface area (Å²) in [6.07, 6.45) is 1.83. The lowest BCUT2D eigenvalue weighted by Gasteiger charge is -2.16. The summed E-state index contributed by atoms with van der Waals surface area (Å²) in [5.74, 6) is 0.0897. The van der Waals surface area contributed by atoms with E-state index in [2.05, 4.69) is 5.32 Å². The molecule has 118 valence electrons. The van der Waals surface area contributed by atoms with E-state index in [0.29, 0.717) is 12.8 Å². The lowest BCUT2D eigenvalue weighted by Crippen LogP contribution is -2.23. The topological polar surface area (TPSA) is 49.4 Å². The summed E-state index contributed by atoms with van der Waals surface area (Å²) >= 11 is 0. The lowest BCUT2D eigenvalue weighted by atomic mass is 10.1. The molecule has 4 heteroatoms. The van der Waals surface area contributed by atoms with Crippen LogP contribution >= 0.6 is 0 Å². The Labute approximate surface area is 136 Å². The number of carbonyl (C=O) groups excluding carboxylic acids is 2. The minimum absolute atomic E-state index is 0.0567. The molecule has 1 heterocycles. The number of aryl methyl sites for hydroxylation is 1. The van der Waals surface area contributed by atoms with E-state index in [9.17, 15) is 9.59 Å². The number of benzene rings is 2. The molecule has 0 aliphatic carbocycles. The molecule has 1 fully saturated rings. The van der Waals surface area contributed by atoms with Crippen molar-refractivity contribution in [1.29, 1.82) is 0 Å². The first kappa shape index (κ1) is 15.3. The second-order valence-electron chi connectivity index (χ2n) is 5.91. The monoisotopic (exact) mass is 308 g/mol. The average molecular weight is 308 g/mol. The second-order valence-corrected chi connectivity index (χ2v) is 5.91. The van der Waals surface area contributed by atoms with Gasteiger partial charge in [0.05, 0.1) is 6.42 Å². The van der Waals surface area contributed by atoms with Crippen molar-refractivity contribution in [3.63, 3.8) is 0 Å². The highest BCUT2D eigenvalue weighted by atomic mass is 16.2. The van der Waals surface area contributed by atoms with Crippen LogP contribution in [0.15, 0.2) is 48.5 Å². The molecule has 23 heavy (non-hydrogen) atoms. The van der Waals surface area contributed by atoms with Gasteiger partial charge in [0.25, 0.3) is 0 Å². The molecule has 1 saturated heterocycles. The van der Waals surface area contributed by atoms with Crippen LogP contribution in [0, 0.1) is 6.92 Å². The van der Waals surface area contributed by atoms with Gasteiger partial charge < -0.3 is 10.2 Å². The van der Waals surface area contributed by atoms with Gasteiger partial charge in [0, 0.05) is 24.3 Å². The van der Waals surface area contributed by atoms with E-state index in [0.717, 1.165) is 29.9 Å². The number of hydrogen-bond donors (Lipinski definition) is 1. The summed E-state index contributed by atoms with van der Waals surface area (Å²) in [6, 6.07) is 15.4. The van der Waals surface area contributed by atoms with Crippen molar-refractivity contribution < 1.29 is 9.59 Å². The zero-order valence-electron chi connectivity index (χ0n) is 13.2. The van der Waals surface area contributed by atoms with E-state index < -0.39 is 0 Å². The van der Waals surface area contributed by atoms with Crippen molar-refractivity contribution in [1.82, 2.24) is 0 Å². The smallest absolute Gasteiger partial charge is 0.228 e. The Bertz CT molecular complexity index is 722. The van der Waals surface area contributed by atoms with E-state index in [-0.39, 0.29) is 11.8 Å². The standard InChI is InChI=1S/C19H20N2O2/c1-14-7-9-15(10-8-14)12-18(22)20-16-4-2-5-17(13-16)21-11-3-6-19(21)23/h2,4-5,7-10,13H,3,6,11-12H2,1H3,(H,20,22). The van der Waals surface area contributed by atoms with Gasteiger partial charge in [-0.3, -0.25) is 9.59 Å². The van der Waals surface area contributed by atoms with Crippen molar-refractivity contribution in [2.75, 3.05) is 16.8 Å². The molecule has 0 aromatic heterocycles. The molecule has 2 aromatic rings. The van der Waals surface area contributed by atoms with Crippen LogP contribution in [0.4, 0.5) is 11.4 Å². The Morgan fingerprint density at radius 1 is 1.17 bits per heavy atom. The zero-order chi connectivity index (χ0) is 16.2. The molecule has 3 rings (SSSR count). The van der Waals surface area contributed by atoms with Gasteiger partial charge >= 0.3 is 0 Å². The highest BCUT2D eigenvalue weighted by Crippen LogP contribution is 2.24. The Morgan fingerprint density at radius 2 is 1.96 bits per heavy atom. The van der Waals surface area contributed by atoms with Gasteiger partial charge in [0.1, 0.15) is 0 Å². The van der Waals surface area contributed by atoms with Gasteiger partial charge in [-0.05, 0) is 37.1 Å². The molecule has 1 N–H and O–H groups in total. The Balaban J connectivity index is 1.66. The summed E-state index contributed by atoms with van der Waals surface area (Å²) in [4.78, 5) is 25.8. The molecule has 0 bridgehead atoms. The number of nitrogens with one attached hydrogen (secondary N) is 1. The third kappa shape index (κ3) is 3.77. The third-order valence-corrected chi connectivity index (χ3v) is 4.00. The minimum atomic E-state index is -0.0567. The molecule has 0 atom stereocenters. The lowest BCUT2D eigenvalue weighted by molar-refractivity contribution is -0.117. The van der Waals surface area contributed by atoms with Gasteiger partial charge in [-0.1, -0.05) is 35.9 Å². The van der Waals surface area contributed by atoms with Crippen LogP contribution in [0.3, 0.4) is 0 Å². The summed E-state index contributed by atoms with van der Waals surface area (Å²) in [5, 5.41) is 2.91. The number of nitrogens with zero attached hydrogens (tertiary/aromatic N) is 1. The number of anilines is 2. The normalized spacial score (nSPS) is 14.1. The average Bonchev–Trinajstić information content (AvgIpc) is 2.96. The predicted molar refractivity (Wildman–Crippen MR) is 91.5 cm³/mol. The van der Waals surface area contributed by atoms with Gasteiger partial charge in [0.2, 0.25) is 11.8 Å². The van der Waals surface area contributed by atoms with Crippen LogP contribution < -0.4 is 10.2 Å². The summed E-state index contributed by atoms with van der Waals surface area (Å²) in [7, 11) is 0. The van der Waals surface area contributed by atoms with E-state index in [1.165, 1.54) is 5.56 Å². The molecule has 0 spiro atoms. The predicted octanol–water partition coefficient (Wildman–Crippen LogP) is 3.30. The maximum absolute atomic E-state index is 12.2. The minimum Gasteiger partial charge on any atom is -0.326 e. The highest BCUT2D eigenvalue weighted by molar-refractivity contribution is 5.97. The maximum atomic E-state index is 12.2. The summed E-state index contributed by atoms with van der Waals surface area (Å²) in [6.45, 7) is 2.77.